The Bertz CT molecular complexity index is 227. The molecular formula is C9H15NO4. The molecular weight excluding hydrogens is 186 g/mol. The lowest BCUT2D eigenvalue weighted by Crippen LogP contribution is -2.22. The van der Waals surface area contributed by atoms with E-state index in [2.05, 4.69) is 9.99 Å². The largest absolute Gasteiger partial charge is 0.479 e. The van der Waals surface area contributed by atoms with Crippen molar-refractivity contribution in [2.24, 2.45) is 5.16 Å². The number of carboxylic acids is 1. The van der Waals surface area contributed by atoms with Crippen LogP contribution in [0.4, 0.5) is 0 Å². The fourth-order valence-electron chi connectivity index (χ4n) is 1.46. The van der Waals surface area contributed by atoms with Crippen molar-refractivity contribution in [3.8, 4) is 0 Å². The lowest BCUT2D eigenvalue weighted by molar-refractivity contribution is -0.142. The van der Waals surface area contributed by atoms with E-state index in [0.717, 1.165) is 31.4 Å². The molecule has 1 saturated carbocycles. The van der Waals surface area contributed by atoms with Crippen LogP contribution in [0.15, 0.2) is 5.16 Å². The molecule has 0 saturated heterocycles. The van der Waals surface area contributed by atoms with Gasteiger partial charge in [0.15, 0.2) is 0 Å². The highest BCUT2D eigenvalue weighted by Crippen LogP contribution is 2.18. The van der Waals surface area contributed by atoms with Crippen LogP contribution in [0.3, 0.4) is 0 Å². The summed E-state index contributed by atoms with van der Waals surface area (Å²) in [6.45, 7) is -0.374. The van der Waals surface area contributed by atoms with Crippen molar-refractivity contribution in [1.82, 2.24) is 0 Å². The monoisotopic (exact) mass is 201 g/mol. The van der Waals surface area contributed by atoms with E-state index < -0.39 is 5.97 Å². The van der Waals surface area contributed by atoms with Crippen molar-refractivity contribution in [2.45, 2.75) is 31.8 Å². The maximum absolute atomic E-state index is 10.1. The van der Waals surface area contributed by atoms with Gasteiger partial charge in [-0.15, -0.1) is 0 Å². The molecule has 1 fully saturated rings. The summed E-state index contributed by atoms with van der Waals surface area (Å²) >= 11 is 0. The van der Waals surface area contributed by atoms with Crippen LogP contribution in [0.5, 0.6) is 0 Å². The first-order valence-corrected chi connectivity index (χ1v) is 4.64. The standard InChI is InChI=1S/C9H15NO4/c1-13-8-4-2-3-7(5-8)10-14-6-9(11)12/h8H,2-6H2,1H3,(H,11,12). The summed E-state index contributed by atoms with van der Waals surface area (Å²) in [6, 6.07) is 0. The van der Waals surface area contributed by atoms with E-state index in [1.165, 1.54) is 0 Å². The number of ether oxygens (including phenoxy) is 1. The highest BCUT2D eigenvalue weighted by molar-refractivity contribution is 5.85. The molecule has 1 atom stereocenters. The number of nitrogens with zero attached hydrogens (tertiary/aromatic N) is 1. The first-order chi connectivity index (χ1) is 6.72. The maximum Gasteiger partial charge on any atom is 0.344 e. The van der Waals surface area contributed by atoms with Gasteiger partial charge >= 0.3 is 5.97 Å². The molecule has 0 heterocycles. The fraction of sp³-hybridized carbons (Fsp3) is 0.778. The van der Waals surface area contributed by atoms with Gasteiger partial charge in [0.1, 0.15) is 0 Å². The third-order valence-electron chi connectivity index (χ3n) is 2.17. The minimum Gasteiger partial charge on any atom is -0.479 e. The number of aliphatic carboxylic acids is 1. The third-order valence-corrected chi connectivity index (χ3v) is 2.17. The van der Waals surface area contributed by atoms with Crippen LogP contribution in [-0.4, -0.2) is 36.6 Å². The number of carbonyl (C=O) groups is 1. The summed E-state index contributed by atoms with van der Waals surface area (Å²) in [7, 11) is 1.67. The van der Waals surface area contributed by atoms with Gasteiger partial charge < -0.3 is 14.7 Å². The molecule has 1 aliphatic rings. The zero-order valence-corrected chi connectivity index (χ0v) is 8.23. The van der Waals surface area contributed by atoms with Gasteiger partial charge in [0.05, 0.1) is 11.8 Å². The van der Waals surface area contributed by atoms with E-state index in [9.17, 15) is 4.79 Å². The number of oxime groups is 1. The molecule has 1 N–H and O–H groups in total. The van der Waals surface area contributed by atoms with Gasteiger partial charge in [-0.2, -0.15) is 0 Å². The summed E-state index contributed by atoms with van der Waals surface area (Å²) in [5.41, 5.74) is 0.893. The van der Waals surface area contributed by atoms with Gasteiger partial charge in [-0.25, -0.2) is 4.79 Å². The van der Waals surface area contributed by atoms with Gasteiger partial charge in [0.25, 0.3) is 0 Å². The Kier molecular flexibility index (Phi) is 4.39. The molecule has 1 aliphatic carbocycles. The van der Waals surface area contributed by atoms with E-state index in [0.29, 0.717) is 0 Å². The Hall–Kier alpha value is -1.10. The minimum atomic E-state index is -1.01. The average molecular weight is 201 g/mol. The van der Waals surface area contributed by atoms with Gasteiger partial charge in [-0.3, -0.25) is 0 Å². The normalized spacial score (nSPS) is 24.9. The number of rotatable bonds is 4. The molecule has 0 spiro atoms. The minimum absolute atomic E-state index is 0.205. The van der Waals surface area contributed by atoms with E-state index in [1.54, 1.807) is 7.11 Å². The lowest BCUT2D eigenvalue weighted by atomic mass is 9.96. The van der Waals surface area contributed by atoms with Crippen molar-refractivity contribution < 1.29 is 19.5 Å². The van der Waals surface area contributed by atoms with Crippen molar-refractivity contribution >= 4 is 11.7 Å². The lowest BCUT2D eigenvalue weighted by Gasteiger charge is -2.21. The second kappa shape index (κ2) is 5.59. The molecule has 0 bridgehead atoms. The molecule has 80 valence electrons. The van der Waals surface area contributed by atoms with Gasteiger partial charge in [0, 0.05) is 13.5 Å². The van der Waals surface area contributed by atoms with Gasteiger partial charge in [-0.05, 0) is 19.3 Å². The number of hydrogen-bond acceptors (Lipinski definition) is 4. The van der Waals surface area contributed by atoms with Crippen molar-refractivity contribution in [2.75, 3.05) is 13.7 Å². The zero-order chi connectivity index (χ0) is 10.4. The Labute approximate surface area is 82.7 Å². The number of carboxylic acid groups (broad SMARTS) is 1. The van der Waals surface area contributed by atoms with Crippen molar-refractivity contribution in [3.05, 3.63) is 0 Å². The van der Waals surface area contributed by atoms with Crippen LogP contribution in [0.1, 0.15) is 25.7 Å². The highest BCUT2D eigenvalue weighted by Gasteiger charge is 2.17. The SMILES string of the molecule is COC1CCCC(=NOCC(=O)O)C1. The van der Waals surface area contributed by atoms with E-state index in [-0.39, 0.29) is 12.7 Å². The quantitative estimate of drug-likeness (QED) is 0.690. The Balaban J connectivity index is 2.31. The second-order valence-electron chi connectivity index (χ2n) is 3.28. The molecule has 0 aromatic carbocycles. The maximum atomic E-state index is 10.1. The predicted molar refractivity (Wildman–Crippen MR) is 50.3 cm³/mol. The molecule has 5 nitrogen and oxygen atoms in total. The Morgan fingerprint density at radius 1 is 1.71 bits per heavy atom. The van der Waals surface area contributed by atoms with E-state index in [1.807, 2.05) is 0 Å². The summed E-state index contributed by atoms with van der Waals surface area (Å²) in [6.07, 6.45) is 3.88. The summed E-state index contributed by atoms with van der Waals surface area (Å²) in [5.74, 6) is -1.01. The van der Waals surface area contributed by atoms with Crippen molar-refractivity contribution in [1.29, 1.82) is 0 Å². The number of hydrogen-bond donors (Lipinski definition) is 1. The van der Waals surface area contributed by atoms with Crippen LogP contribution in [0.2, 0.25) is 0 Å². The molecule has 0 amide bonds. The Morgan fingerprint density at radius 3 is 3.14 bits per heavy atom. The predicted octanol–water partition coefficient (Wildman–Crippen LogP) is 1.03. The average Bonchev–Trinajstić information content (AvgIpc) is 2.18. The topological polar surface area (TPSA) is 68.1 Å². The van der Waals surface area contributed by atoms with Crippen LogP contribution in [-0.2, 0) is 14.4 Å². The molecule has 1 rings (SSSR count). The van der Waals surface area contributed by atoms with E-state index in [4.69, 9.17) is 9.84 Å². The zero-order valence-electron chi connectivity index (χ0n) is 8.23. The first kappa shape index (κ1) is 11.0. The molecule has 0 aromatic rings. The van der Waals surface area contributed by atoms with Crippen molar-refractivity contribution in [3.63, 3.8) is 0 Å². The van der Waals surface area contributed by atoms with Gasteiger partial charge in [0.2, 0.25) is 6.61 Å². The molecule has 0 aromatic heterocycles. The van der Waals surface area contributed by atoms with Crippen LogP contribution in [0, 0.1) is 0 Å². The summed E-state index contributed by atoms with van der Waals surface area (Å²) in [5, 5.41) is 12.1. The van der Waals surface area contributed by atoms with Gasteiger partial charge in [-0.1, -0.05) is 5.16 Å². The third kappa shape index (κ3) is 3.74. The van der Waals surface area contributed by atoms with Crippen LogP contribution < -0.4 is 0 Å². The van der Waals surface area contributed by atoms with Crippen LogP contribution in [0.25, 0.3) is 0 Å². The molecule has 0 radical (unpaired) electrons. The molecule has 0 aliphatic heterocycles. The second-order valence-corrected chi connectivity index (χ2v) is 3.28. The Morgan fingerprint density at radius 2 is 2.50 bits per heavy atom. The summed E-state index contributed by atoms with van der Waals surface area (Å²) in [4.78, 5) is 14.8. The molecule has 5 heteroatoms. The smallest absolute Gasteiger partial charge is 0.344 e. The number of methoxy groups -OCH3 is 1. The summed E-state index contributed by atoms with van der Waals surface area (Å²) < 4.78 is 5.20. The molecule has 14 heavy (non-hydrogen) atoms. The molecule has 1 unspecified atom stereocenters. The first-order valence-electron chi connectivity index (χ1n) is 4.64. The highest BCUT2D eigenvalue weighted by atomic mass is 16.6. The fourth-order valence-corrected chi connectivity index (χ4v) is 1.46. The van der Waals surface area contributed by atoms with E-state index >= 15 is 0 Å². The van der Waals surface area contributed by atoms with Crippen LogP contribution >= 0.6 is 0 Å².